The Labute approximate surface area is 96.1 Å². The van der Waals surface area contributed by atoms with E-state index in [4.69, 9.17) is 5.26 Å². The lowest BCUT2D eigenvalue weighted by Crippen LogP contribution is -2.31. The van der Waals surface area contributed by atoms with Gasteiger partial charge in [0.15, 0.2) is 0 Å². The molecule has 3 nitrogen and oxygen atoms in total. The zero-order valence-corrected chi connectivity index (χ0v) is 8.95. The van der Waals surface area contributed by atoms with E-state index >= 15 is 0 Å². The summed E-state index contributed by atoms with van der Waals surface area (Å²) in [7, 11) is 1.15. The van der Waals surface area contributed by atoms with Crippen LogP contribution >= 0.6 is 0 Å². The second kappa shape index (κ2) is 5.34. The number of rotatable bonds is 3. The van der Waals surface area contributed by atoms with Gasteiger partial charge in [0.05, 0.1) is 11.6 Å². The smallest absolute Gasteiger partial charge is 0.315 e. The highest BCUT2D eigenvalue weighted by Crippen LogP contribution is 2.13. The lowest BCUT2D eigenvalue weighted by Gasteiger charge is -2.17. The van der Waals surface area contributed by atoms with Crippen LogP contribution in [0.15, 0.2) is 18.2 Å². The Morgan fingerprint density at radius 1 is 1.53 bits per heavy atom. The summed E-state index contributed by atoms with van der Waals surface area (Å²) in [5, 5.41) is 8.61. The monoisotopic (exact) mass is 242 g/mol. The van der Waals surface area contributed by atoms with Crippen LogP contribution in [-0.2, 0) is 11.3 Å². The van der Waals surface area contributed by atoms with Crippen LogP contribution in [0.3, 0.4) is 0 Å². The highest BCUT2D eigenvalue weighted by Gasteiger charge is 2.21. The van der Waals surface area contributed by atoms with Gasteiger partial charge in [-0.1, -0.05) is 0 Å². The standard InChI is InChI=1S/C11H9F3N2O/c1-16(11(17)10(13)14)6-8-4-7(5-15)2-3-9(8)12/h2-4,10H,6H2,1H3. The summed E-state index contributed by atoms with van der Waals surface area (Å²) in [6, 6.07) is 5.36. The largest absolute Gasteiger partial charge is 0.336 e. The van der Waals surface area contributed by atoms with Gasteiger partial charge in [0, 0.05) is 19.2 Å². The zero-order chi connectivity index (χ0) is 13.0. The van der Waals surface area contributed by atoms with Crippen molar-refractivity contribution < 1.29 is 18.0 Å². The number of nitrogens with zero attached hydrogens (tertiary/aromatic N) is 2. The molecule has 1 amide bonds. The molecule has 0 aliphatic heterocycles. The van der Waals surface area contributed by atoms with Crippen molar-refractivity contribution in [2.24, 2.45) is 0 Å². The molecule has 1 aromatic rings. The van der Waals surface area contributed by atoms with Crippen LogP contribution in [0.4, 0.5) is 13.2 Å². The van der Waals surface area contributed by atoms with Crippen molar-refractivity contribution in [3.63, 3.8) is 0 Å². The number of hydrogen-bond acceptors (Lipinski definition) is 2. The van der Waals surface area contributed by atoms with Crippen LogP contribution in [0.1, 0.15) is 11.1 Å². The van der Waals surface area contributed by atoms with Gasteiger partial charge >= 0.3 is 6.43 Å². The van der Waals surface area contributed by atoms with Gasteiger partial charge in [-0.15, -0.1) is 0 Å². The van der Waals surface area contributed by atoms with Crippen LogP contribution in [0.5, 0.6) is 0 Å². The van der Waals surface area contributed by atoms with E-state index in [2.05, 4.69) is 0 Å². The second-order valence-corrected chi connectivity index (χ2v) is 3.41. The minimum Gasteiger partial charge on any atom is -0.336 e. The van der Waals surface area contributed by atoms with Gasteiger partial charge in [-0.25, -0.2) is 4.39 Å². The molecule has 0 heterocycles. The minimum atomic E-state index is -3.12. The molecular formula is C11H9F3N2O. The summed E-state index contributed by atoms with van der Waals surface area (Å²) in [5.41, 5.74) is 0.236. The lowest BCUT2D eigenvalue weighted by molar-refractivity contribution is -0.142. The summed E-state index contributed by atoms with van der Waals surface area (Å²) < 4.78 is 37.5. The van der Waals surface area contributed by atoms with Crippen LogP contribution < -0.4 is 0 Å². The molecular weight excluding hydrogens is 233 g/mol. The average Bonchev–Trinajstić information content (AvgIpc) is 2.30. The Bertz CT molecular complexity index is 468. The normalized spacial score (nSPS) is 10.1. The molecule has 0 fully saturated rings. The second-order valence-electron chi connectivity index (χ2n) is 3.41. The van der Waals surface area contributed by atoms with Crippen molar-refractivity contribution in [1.82, 2.24) is 4.90 Å². The summed E-state index contributed by atoms with van der Waals surface area (Å²) in [5.74, 6) is -2.02. The van der Waals surface area contributed by atoms with Crippen LogP contribution in [0.2, 0.25) is 0 Å². The van der Waals surface area contributed by atoms with Crippen molar-refractivity contribution in [2.75, 3.05) is 7.05 Å². The number of amides is 1. The predicted molar refractivity (Wildman–Crippen MR) is 53.6 cm³/mol. The van der Waals surface area contributed by atoms with E-state index in [-0.39, 0.29) is 17.7 Å². The molecule has 90 valence electrons. The van der Waals surface area contributed by atoms with Crippen molar-refractivity contribution in [2.45, 2.75) is 13.0 Å². The van der Waals surface area contributed by atoms with Gasteiger partial charge in [-0.05, 0) is 18.2 Å². The maximum Gasteiger partial charge on any atom is 0.315 e. The number of alkyl halides is 2. The molecule has 0 unspecified atom stereocenters. The molecule has 0 radical (unpaired) electrons. The Balaban J connectivity index is 2.88. The molecule has 1 rings (SSSR count). The fourth-order valence-corrected chi connectivity index (χ4v) is 1.27. The molecule has 0 aliphatic rings. The van der Waals surface area contributed by atoms with Crippen molar-refractivity contribution in [3.05, 3.63) is 35.1 Å². The van der Waals surface area contributed by atoms with Gasteiger partial charge in [-0.2, -0.15) is 14.0 Å². The summed E-state index contributed by atoms with van der Waals surface area (Å²) in [4.78, 5) is 11.6. The summed E-state index contributed by atoms with van der Waals surface area (Å²) in [6.45, 7) is -0.301. The van der Waals surface area contributed by atoms with E-state index < -0.39 is 18.1 Å². The summed E-state index contributed by atoms with van der Waals surface area (Å²) in [6.07, 6.45) is -3.12. The van der Waals surface area contributed by atoms with Crippen LogP contribution in [-0.4, -0.2) is 24.3 Å². The van der Waals surface area contributed by atoms with Gasteiger partial charge in [0.25, 0.3) is 5.91 Å². The predicted octanol–water partition coefficient (Wildman–Crippen LogP) is 1.92. The SMILES string of the molecule is CN(Cc1cc(C#N)ccc1F)C(=O)C(F)F. The Kier molecular flexibility index (Phi) is 4.10. The molecule has 0 atom stereocenters. The number of hydrogen-bond donors (Lipinski definition) is 0. The molecule has 0 spiro atoms. The molecule has 17 heavy (non-hydrogen) atoms. The van der Waals surface area contributed by atoms with Crippen molar-refractivity contribution in [3.8, 4) is 6.07 Å². The molecule has 0 saturated carbocycles. The third kappa shape index (κ3) is 3.21. The van der Waals surface area contributed by atoms with Gasteiger partial charge in [0.2, 0.25) is 0 Å². The number of carbonyl (C=O) groups excluding carboxylic acids is 1. The first-order chi connectivity index (χ1) is 7.95. The first-order valence-corrected chi connectivity index (χ1v) is 4.67. The fourth-order valence-electron chi connectivity index (χ4n) is 1.27. The van der Waals surface area contributed by atoms with Gasteiger partial charge in [-0.3, -0.25) is 4.79 Å². The number of benzene rings is 1. The molecule has 0 N–H and O–H groups in total. The highest BCUT2D eigenvalue weighted by atomic mass is 19.3. The molecule has 6 heteroatoms. The summed E-state index contributed by atoms with van der Waals surface area (Å²) >= 11 is 0. The zero-order valence-electron chi connectivity index (χ0n) is 8.95. The van der Waals surface area contributed by atoms with E-state index in [0.29, 0.717) is 4.90 Å². The van der Waals surface area contributed by atoms with Gasteiger partial charge in [0.1, 0.15) is 5.82 Å². The molecule has 0 bridgehead atoms. The van der Waals surface area contributed by atoms with E-state index in [0.717, 1.165) is 13.1 Å². The quantitative estimate of drug-likeness (QED) is 0.812. The Morgan fingerprint density at radius 2 is 2.18 bits per heavy atom. The third-order valence-electron chi connectivity index (χ3n) is 2.15. The van der Waals surface area contributed by atoms with Crippen LogP contribution in [0.25, 0.3) is 0 Å². The third-order valence-corrected chi connectivity index (χ3v) is 2.15. The maximum atomic E-state index is 13.3. The first kappa shape index (κ1) is 13.0. The Hall–Kier alpha value is -2.03. The number of carbonyl (C=O) groups is 1. The number of nitriles is 1. The van der Waals surface area contributed by atoms with E-state index in [1.165, 1.54) is 12.1 Å². The van der Waals surface area contributed by atoms with Gasteiger partial charge < -0.3 is 4.90 Å². The highest BCUT2D eigenvalue weighted by molar-refractivity contribution is 5.79. The molecule has 0 aliphatic carbocycles. The number of halogens is 3. The minimum absolute atomic E-state index is 0.0283. The molecule has 1 aromatic carbocycles. The maximum absolute atomic E-state index is 13.3. The van der Waals surface area contributed by atoms with Crippen molar-refractivity contribution >= 4 is 5.91 Å². The first-order valence-electron chi connectivity index (χ1n) is 4.67. The topological polar surface area (TPSA) is 44.1 Å². The lowest BCUT2D eigenvalue weighted by atomic mass is 10.1. The van der Waals surface area contributed by atoms with E-state index in [9.17, 15) is 18.0 Å². The van der Waals surface area contributed by atoms with E-state index in [1.54, 1.807) is 6.07 Å². The fraction of sp³-hybridized carbons (Fsp3) is 0.273. The molecule has 0 aromatic heterocycles. The van der Waals surface area contributed by atoms with Crippen LogP contribution in [0, 0.1) is 17.1 Å². The average molecular weight is 242 g/mol. The van der Waals surface area contributed by atoms with Crippen molar-refractivity contribution in [1.29, 1.82) is 5.26 Å². The Morgan fingerprint density at radius 3 is 2.71 bits per heavy atom. The van der Waals surface area contributed by atoms with E-state index in [1.807, 2.05) is 0 Å². The molecule has 0 saturated heterocycles.